The molecule has 2 heterocycles. The van der Waals surface area contributed by atoms with Gasteiger partial charge in [0.05, 0.1) is 23.7 Å². The number of nitrogens with one attached hydrogen (secondary N) is 1. The number of rotatable bonds is 7. The molecule has 2 aromatic carbocycles. The van der Waals surface area contributed by atoms with Crippen molar-refractivity contribution in [3.05, 3.63) is 54.1 Å². The van der Waals surface area contributed by atoms with Crippen molar-refractivity contribution in [3.8, 4) is 11.4 Å². The third kappa shape index (κ3) is 4.91. The van der Waals surface area contributed by atoms with Crippen LogP contribution in [0.4, 0.5) is 11.6 Å². The van der Waals surface area contributed by atoms with Crippen molar-refractivity contribution in [2.75, 3.05) is 30.4 Å². The zero-order valence-corrected chi connectivity index (χ0v) is 19.6. The van der Waals surface area contributed by atoms with Crippen molar-refractivity contribution in [1.82, 2.24) is 14.8 Å². The van der Waals surface area contributed by atoms with Gasteiger partial charge < -0.3 is 15.0 Å². The van der Waals surface area contributed by atoms with Gasteiger partial charge in [0.15, 0.2) is 5.16 Å². The molecule has 1 unspecified atom stereocenters. The van der Waals surface area contributed by atoms with Gasteiger partial charge in [0, 0.05) is 13.1 Å². The number of carbonyl (C=O) groups excluding carboxylic acids is 1. The van der Waals surface area contributed by atoms with Crippen LogP contribution < -0.4 is 15.0 Å². The monoisotopic (exact) mass is 451 g/mol. The minimum absolute atomic E-state index is 0.113. The number of thioether (sulfide) groups is 1. The Labute approximate surface area is 193 Å². The number of ether oxygens (including phenoxy) is 1. The third-order valence-electron chi connectivity index (χ3n) is 5.56. The molecule has 1 aliphatic heterocycles. The Bertz CT molecular complexity index is 1060. The van der Waals surface area contributed by atoms with Crippen molar-refractivity contribution < 1.29 is 9.53 Å². The van der Waals surface area contributed by atoms with Crippen LogP contribution in [0.2, 0.25) is 0 Å². The van der Waals surface area contributed by atoms with Gasteiger partial charge in [0.25, 0.3) is 0 Å². The highest BCUT2D eigenvalue weighted by Gasteiger charge is 2.25. The van der Waals surface area contributed by atoms with Crippen LogP contribution in [-0.4, -0.2) is 46.1 Å². The lowest BCUT2D eigenvalue weighted by atomic mass is 10.1. The molecule has 1 fully saturated rings. The quantitative estimate of drug-likeness (QED) is 0.525. The molecule has 1 N–H and O–H groups in total. The second-order valence-electron chi connectivity index (χ2n) is 7.95. The topological polar surface area (TPSA) is 72.3 Å². The summed E-state index contributed by atoms with van der Waals surface area (Å²) < 4.78 is 7.42. The van der Waals surface area contributed by atoms with Gasteiger partial charge in [0.1, 0.15) is 5.75 Å². The van der Waals surface area contributed by atoms with E-state index in [4.69, 9.17) is 4.74 Å². The van der Waals surface area contributed by atoms with E-state index in [0.717, 1.165) is 37.6 Å². The molecule has 1 saturated heterocycles. The molecular weight excluding hydrogens is 422 g/mol. The molecule has 7 nitrogen and oxygen atoms in total. The smallest absolute Gasteiger partial charge is 0.237 e. The van der Waals surface area contributed by atoms with Gasteiger partial charge >= 0.3 is 0 Å². The van der Waals surface area contributed by atoms with Gasteiger partial charge in [0.2, 0.25) is 11.9 Å². The molecule has 1 aliphatic rings. The zero-order chi connectivity index (χ0) is 22.5. The number of para-hydroxylation sites is 2. The number of benzene rings is 2. The first-order chi connectivity index (χ1) is 15.6. The van der Waals surface area contributed by atoms with Crippen molar-refractivity contribution >= 4 is 29.3 Å². The minimum atomic E-state index is -0.373. The van der Waals surface area contributed by atoms with Crippen LogP contribution in [0.15, 0.2) is 53.7 Å². The third-order valence-corrected chi connectivity index (χ3v) is 6.61. The van der Waals surface area contributed by atoms with Gasteiger partial charge in [-0.05, 0) is 57.4 Å². The van der Waals surface area contributed by atoms with E-state index in [-0.39, 0.29) is 11.2 Å². The summed E-state index contributed by atoms with van der Waals surface area (Å²) in [5.41, 5.74) is 2.85. The Hall–Kier alpha value is -3.00. The molecule has 3 aromatic rings. The molecule has 0 radical (unpaired) electrons. The highest BCUT2D eigenvalue weighted by Crippen LogP contribution is 2.31. The van der Waals surface area contributed by atoms with E-state index < -0.39 is 0 Å². The van der Waals surface area contributed by atoms with Crippen LogP contribution >= 0.6 is 11.8 Å². The maximum absolute atomic E-state index is 12.9. The van der Waals surface area contributed by atoms with Crippen molar-refractivity contribution in [1.29, 1.82) is 0 Å². The predicted molar refractivity (Wildman–Crippen MR) is 129 cm³/mol. The fourth-order valence-electron chi connectivity index (χ4n) is 3.75. The van der Waals surface area contributed by atoms with E-state index in [9.17, 15) is 4.79 Å². The van der Waals surface area contributed by atoms with Crippen LogP contribution in [-0.2, 0) is 4.79 Å². The van der Waals surface area contributed by atoms with Crippen molar-refractivity contribution in [2.24, 2.45) is 0 Å². The molecule has 0 spiro atoms. The lowest BCUT2D eigenvalue weighted by Gasteiger charge is -2.28. The number of amides is 1. The molecule has 0 aliphatic carbocycles. The average Bonchev–Trinajstić information content (AvgIpc) is 3.24. The fourth-order valence-corrected chi connectivity index (χ4v) is 4.61. The molecule has 0 saturated carbocycles. The molecule has 1 atom stereocenters. The summed E-state index contributed by atoms with van der Waals surface area (Å²) in [7, 11) is 1.59. The SMILES string of the molecule is COc1ccccc1NC(=O)C(C)Sc1nnc(N2CCCCC2)n1-c1ccc(C)cc1. The van der Waals surface area contributed by atoms with Gasteiger partial charge in [-0.15, -0.1) is 10.2 Å². The lowest BCUT2D eigenvalue weighted by Crippen LogP contribution is -2.31. The van der Waals surface area contributed by atoms with E-state index in [2.05, 4.69) is 56.2 Å². The molecular formula is C24H29N5O2S. The van der Waals surface area contributed by atoms with E-state index in [1.807, 2.05) is 31.2 Å². The number of aryl methyl sites for hydroxylation is 1. The largest absolute Gasteiger partial charge is 0.495 e. The van der Waals surface area contributed by atoms with Gasteiger partial charge in [-0.25, -0.2) is 0 Å². The van der Waals surface area contributed by atoms with Crippen molar-refractivity contribution in [2.45, 2.75) is 43.5 Å². The molecule has 8 heteroatoms. The zero-order valence-electron chi connectivity index (χ0n) is 18.7. The number of methoxy groups -OCH3 is 1. The minimum Gasteiger partial charge on any atom is -0.495 e. The normalized spacial score (nSPS) is 14.8. The Balaban J connectivity index is 1.59. The summed E-state index contributed by atoms with van der Waals surface area (Å²) in [5, 5.41) is 12.3. The summed E-state index contributed by atoms with van der Waals surface area (Å²) in [6.45, 7) is 5.89. The Morgan fingerprint density at radius 2 is 1.78 bits per heavy atom. The maximum Gasteiger partial charge on any atom is 0.237 e. The second-order valence-corrected chi connectivity index (χ2v) is 9.26. The van der Waals surface area contributed by atoms with E-state index in [0.29, 0.717) is 16.6 Å². The van der Waals surface area contributed by atoms with E-state index >= 15 is 0 Å². The van der Waals surface area contributed by atoms with Crippen LogP contribution in [0.3, 0.4) is 0 Å². The number of hydrogen-bond acceptors (Lipinski definition) is 6. The number of carbonyl (C=O) groups is 1. The standard InChI is InChI=1S/C24H29N5O2S/c1-17-11-13-19(14-12-17)29-23(28-15-7-4-8-16-28)26-27-24(29)32-18(2)22(30)25-20-9-5-6-10-21(20)31-3/h5-6,9-14,18H,4,7-8,15-16H2,1-3H3,(H,25,30). The summed E-state index contributed by atoms with van der Waals surface area (Å²) in [6, 6.07) is 15.7. The van der Waals surface area contributed by atoms with Gasteiger partial charge in [-0.3, -0.25) is 9.36 Å². The van der Waals surface area contributed by atoms with Crippen LogP contribution in [0, 0.1) is 6.92 Å². The predicted octanol–water partition coefficient (Wildman–Crippen LogP) is 4.69. The van der Waals surface area contributed by atoms with Gasteiger partial charge in [-0.1, -0.05) is 41.6 Å². The molecule has 1 amide bonds. The van der Waals surface area contributed by atoms with Crippen LogP contribution in [0.5, 0.6) is 5.75 Å². The molecule has 1 aromatic heterocycles. The Morgan fingerprint density at radius 1 is 1.06 bits per heavy atom. The Morgan fingerprint density at radius 3 is 2.50 bits per heavy atom. The van der Waals surface area contributed by atoms with E-state index in [1.165, 1.54) is 23.7 Å². The molecule has 32 heavy (non-hydrogen) atoms. The first-order valence-corrected chi connectivity index (χ1v) is 11.8. The first-order valence-electron chi connectivity index (χ1n) is 10.9. The first kappa shape index (κ1) is 22.2. The Kier molecular flexibility index (Phi) is 6.99. The average molecular weight is 452 g/mol. The number of aromatic nitrogens is 3. The number of piperidine rings is 1. The van der Waals surface area contributed by atoms with Crippen LogP contribution in [0.1, 0.15) is 31.7 Å². The van der Waals surface area contributed by atoms with Crippen molar-refractivity contribution in [3.63, 3.8) is 0 Å². The second kappa shape index (κ2) is 10.1. The van der Waals surface area contributed by atoms with Gasteiger partial charge in [-0.2, -0.15) is 0 Å². The van der Waals surface area contributed by atoms with E-state index in [1.54, 1.807) is 7.11 Å². The summed E-state index contributed by atoms with van der Waals surface area (Å²) >= 11 is 1.40. The highest BCUT2D eigenvalue weighted by atomic mass is 32.2. The maximum atomic E-state index is 12.9. The summed E-state index contributed by atoms with van der Waals surface area (Å²) in [4.78, 5) is 15.2. The summed E-state index contributed by atoms with van der Waals surface area (Å²) in [5.74, 6) is 1.36. The molecule has 168 valence electrons. The number of anilines is 2. The highest BCUT2D eigenvalue weighted by molar-refractivity contribution is 8.00. The molecule has 0 bridgehead atoms. The number of hydrogen-bond donors (Lipinski definition) is 1. The summed E-state index contributed by atoms with van der Waals surface area (Å²) in [6.07, 6.45) is 3.55. The number of nitrogens with zero attached hydrogens (tertiary/aromatic N) is 4. The van der Waals surface area contributed by atoms with Crippen LogP contribution in [0.25, 0.3) is 5.69 Å². The lowest BCUT2D eigenvalue weighted by molar-refractivity contribution is -0.115. The molecule has 4 rings (SSSR count). The fraction of sp³-hybridized carbons (Fsp3) is 0.375.